The van der Waals surface area contributed by atoms with Crippen molar-refractivity contribution in [3.63, 3.8) is 0 Å². The van der Waals surface area contributed by atoms with Gasteiger partial charge in [-0.25, -0.2) is 0 Å². The molecule has 1 N–H and O–H groups in total. The lowest BCUT2D eigenvalue weighted by molar-refractivity contribution is 0.168. The van der Waals surface area contributed by atoms with Gasteiger partial charge in [0.2, 0.25) is 0 Å². The highest BCUT2D eigenvalue weighted by Gasteiger charge is 1.97. The van der Waals surface area contributed by atoms with Crippen molar-refractivity contribution in [3.8, 4) is 0 Å². The third-order valence-electron chi connectivity index (χ3n) is 0.813. The molecule has 8 heavy (non-hydrogen) atoms. The molecule has 52 valence electrons. The van der Waals surface area contributed by atoms with Crippen LogP contribution in [0.25, 0.3) is 0 Å². The Morgan fingerprint density at radius 2 is 1.62 bits per heavy atom. The fourth-order valence-electron chi connectivity index (χ4n) is 0.682. The predicted octanol–water partition coefficient (Wildman–Crippen LogP) is 1.53. The predicted molar refractivity (Wildman–Crippen MR) is 41.5 cm³/mol. The van der Waals surface area contributed by atoms with E-state index in [-0.39, 0.29) is 19.6 Å². The second-order valence-corrected chi connectivity index (χ2v) is 2.48. The molecule has 0 bridgehead atoms. The summed E-state index contributed by atoms with van der Waals surface area (Å²) in [5, 5.41) is 8.72. The number of rotatable bonds is 2. The van der Waals surface area contributed by atoms with E-state index in [1.807, 2.05) is 6.92 Å². The molecule has 2 heteroatoms. The van der Waals surface area contributed by atoms with Crippen LogP contribution in [0.4, 0.5) is 0 Å². The average Bonchev–Trinajstić information content (AvgIpc) is 1.27. The lowest BCUT2D eigenvalue weighted by Gasteiger charge is -2.04. The first-order valence-electron chi connectivity index (χ1n) is 2.81. The van der Waals surface area contributed by atoms with Crippen LogP contribution in [0, 0.1) is 5.92 Å². The first-order chi connectivity index (χ1) is 3.13. The highest BCUT2D eigenvalue weighted by Crippen LogP contribution is 2.01. The van der Waals surface area contributed by atoms with Gasteiger partial charge in [0.15, 0.2) is 0 Å². The summed E-state index contributed by atoms with van der Waals surface area (Å²) in [7, 11) is 0. The fraction of sp³-hybridized carbons (Fsp3) is 1.00. The van der Waals surface area contributed by atoms with Crippen LogP contribution in [0.3, 0.4) is 0 Å². The van der Waals surface area contributed by atoms with Gasteiger partial charge in [-0.1, -0.05) is 13.8 Å². The van der Waals surface area contributed by atoms with E-state index in [1.54, 1.807) is 0 Å². The summed E-state index contributed by atoms with van der Waals surface area (Å²) in [4.78, 5) is 0. The molecule has 0 aromatic rings. The van der Waals surface area contributed by atoms with Crippen LogP contribution in [0.5, 0.6) is 0 Å². The number of aliphatic hydroxyl groups excluding tert-OH is 1. The molecule has 0 aromatic carbocycles. The van der Waals surface area contributed by atoms with Gasteiger partial charge < -0.3 is 5.11 Å². The van der Waals surface area contributed by atoms with Crippen molar-refractivity contribution in [3.05, 3.63) is 0 Å². The van der Waals surface area contributed by atoms with Crippen LogP contribution in [0.15, 0.2) is 0 Å². The van der Waals surface area contributed by atoms with E-state index in [1.165, 1.54) is 0 Å². The van der Waals surface area contributed by atoms with E-state index in [0.29, 0.717) is 5.92 Å². The Balaban J connectivity index is 0. The van der Waals surface area contributed by atoms with Crippen LogP contribution in [-0.4, -0.2) is 11.2 Å². The van der Waals surface area contributed by atoms with Crippen LogP contribution in [0.1, 0.15) is 27.2 Å². The molecule has 1 nitrogen and oxygen atoms in total. The maximum absolute atomic E-state index is 8.72. The van der Waals surface area contributed by atoms with Gasteiger partial charge in [-0.05, 0) is 19.3 Å². The van der Waals surface area contributed by atoms with E-state index >= 15 is 0 Å². The zero-order valence-corrected chi connectivity index (χ0v) is 6.81. The molecule has 0 aromatic heterocycles. The summed E-state index contributed by atoms with van der Waals surface area (Å²) in [5.74, 6) is 0.625. The molecule has 0 saturated carbocycles. The third kappa shape index (κ3) is 9.58. The first-order valence-corrected chi connectivity index (χ1v) is 2.81. The van der Waals surface area contributed by atoms with Crippen LogP contribution >= 0.6 is 13.5 Å². The van der Waals surface area contributed by atoms with Crippen molar-refractivity contribution >= 4 is 13.5 Å². The molecule has 0 radical (unpaired) electrons. The first kappa shape index (κ1) is 11.2. The van der Waals surface area contributed by atoms with Gasteiger partial charge >= 0.3 is 0 Å². The fourth-order valence-corrected chi connectivity index (χ4v) is 0.682. The minimum absolute atomic E-state index is 0. The largest absolute Gasteiger partial charge is 0.393 e. The highest BCUT2D eigenvalue weighted by molar-refractivity contribution is 7.59. The second kappa shape index (κ2) is 5.45. The van der Waals surface area contributed by atoms with E-state index in [0.717, 1.165) is 6.42 Å². The van der Waals surface area contributed by atoms with Gasteiger partial charge in [0.1, 0.15) is 0 Å². The van der Waals surface area contributed by atoms with Crippen molar-refractivity contribution in [2.24, 2.45) is 5.92 Å². The van der Waals surface area contributed by atoms with Gasteiger partial charge in [0.25, 0.3) is 0 Å². The van der Waals surface area contributed by atoms with Gasteiger partial charge in [-0.2, -0.15) is 13.5 Å². The lowest BCUT2D eigenvalue weighted by atomic mass is 10.1. The Bertz CT molecular complexity index is 37.8. The molecule has 0 heterocycles. The van der Waals surface area contributed by atoms with E-state index < -0.39 is 0 Å². The molecule has 1 atom stereocenters. The SMILES string of the molecule is CC(C)CC(C)O.S. The molecule has 0 spiro atoms. The Kier molecular flexibility index (Phi) is 7.59. The van der Waals surface area contributed by atoms with Crippen molar-refractivity contribution in [1.29, 1.82) is 0 Å². The summed E-state index contributed by atoms with van der Waals surface area (Å²) in [6.07, 6.45) is 0.792. The quantitative estimate of drug-likeness (QED) is 0.610. The molecular weight excluding hydrogens is 120 g/mol. The Morgan fingerprint density at radius 1 is 1.25 bits per heavy atom. The molecule has 0 aliphatic rings. The molecule has 0 saturated heterocycles. The molecule has 0 amide bonds. The molecule has 0 aliphatic carbocycles. The summed E-state index contributed by atoms with van der Waals surface area (Å²) in [6, 6.07) is 0. The third-order valence-corrected chi connectivity index (χ3v) is 0.813. The van der Waals surface area contributed by atoms with Crippen molar-refractivity contribution in [1.82, 2.24) is 0 Å². The molecule has 0 aliphatic heterocycles. The highest BCUT2D eigenvalue weighted by atomic mass is 32.1. The Hall–Kier alpha value is 0.310. The monoisotopic (exact) mass is 136 g/mol. The molecule has 0 fully saturated rings. The van der Waals surface area contributed by atoms with Gasteiger partial charge in [-0.15, -0.1) is 0 Å². The number of hydrogen-bond donors (Lipinski definition) is 1. The van der Waals surface area contributed by atoms with E-state index in [2.05, 4.69) is 13.8 Å². The van der Waals surface area contributed by atoms with Crippen LogP contribution < -0.4 is 0 Å². The minimum Gasteiger partial charge on any atom is -0.393 e. The van der Waals surface area contributed by atoms with Crippen LogP contribution in [0.2, 0.25) is 0 Å². The normalized spacial score (nSPS) is 13.1. The van der Waals surface area contributed by atoms with Gasteiger partial charge in [0, 0.05) is 0 Å². The smallest absolute Gasteiger partial charge is 0.0514 e. The maximum atomic E-state index is 8.72. The van der Waals surface area contributed by atoms with E-state index in [9.17, 15) is 0 Å². The summed E-state index contributed by atoms with van der Waals surface area (Å²) >= 11 is 0. The van der Waals surface area contributed by atoms with E-state index in [4.69, 9.17) is 5.11 Å². The topological polar surface area (TPSA) is 20.2 Å². The standard InChI is InChI=1S/C6H14O.H2S/c1-5(2)4-6(3)7;/h5-7H,4H2,1-3H3;1H2. The van der Waals surface area contributed by atoms with Crippen molar-refractivity contribution < 1.29 is 5.11 Å². The molecule has 0 rings (SSSR count). The minimum atomic E-state index is -0.125. The Morgan fingerprint density at radius 3 is 1.62 bits per heavy atom. The zero-order chi connectivity index (χ0) is 5.86. The zero-order valence-electron chi connectivity index (χ0n) is 5.81. The summed E-state index contributed by atoms with van der Waals surface area (Å²) in [5.41, 5.74) is 0. The maximum Gasteiger partial charge on any atom is 0.0514 e. The second-order valence-electron chi connectivity index (χ2n) is 2.48. The number of hydrogen-bond acceptors (Lipinski definition) is 1. The van der Waals surface area contributed by atoms with Crippen molar-refractivity contribution in [2.75, 3.05) is 0 Å². The van der Waals surface area contributed by atoms with Gasteiger partial charge in [-0.3, -0.25) is 0 Å². The van der Waals surface area contributed by atoms with Gasteiger partial charge in [0.05, 0.1) is 6.10 Å². The van der Waals surface area contributed by atoms with Crippen molar-refractivity contribution in [2.45, 2.75) is 33.3 Å². The van der Waals surface area contributed by atoms with Crippen LogP contribution in [-0.2, 0) is 0 Å². The molecular formula is C6H16OS. The summed E-state index contributed by atoms with van der Waals surface area (Å²) in [6.45, 7) is 6.03. The summed E-state index contributed by atoms with van der Waals surface area (Å²) < 4.78 is 0. The average molecular weight is 136 g/mol. The molecule has 1 unspecified atom stereocenters. The lowest BCUT2D eigenvalue weighted by Crippen LogP contribution is -2.03. The Labute approximate surface area is 58.6 Å². The number of aliphatic hydroxyl groups is 1.